The molecular weight excluding hydrogens is 366 g/mol. The summed E-state index contributed by atoms with van der Waals surface area (Å²) in [4.78, 5) is 30.2. The molecular formula is C22H23N5O2. The van der Waals surface area contributed by atoms with E-state index in [9.17, 15) is 9.59 Å². The van der Waals surface area contributed by atoms with E-state index in [2.05, 4.69) is 32.4 Å². The summed E-state index contributed by atoms with van der Waals surface area (Å²) in [5.74, 6) is -0.233. The van der Waals surface area contributed by atoms with Crippen LogP contribution >= 0.6 is 0 Å². The number of aromatic nitrogens is 3. The van der Waals surface area contributed by atoms with Crippen LogP contribution in [0.25, 0.3) is 21.8 Å². The Bertz CT molecular complexity index is 1200. The van der Waals surface area contributed by atoms with Gasteiger partial charge in [-0.05, 0) is 18.7 Å². The van der Waals surface area contributed by atoms with Crippen molar-refractivity contribution < 1.29 is 4.79 Å². The molecule has 4 aromatic rings. The van der Waals surface area contributed by atoms with E-state index in [-0.39, 0.29) is 18.0 Å². The Kier molecular flexibility index (Phi) is 5.39. The summed E-state index contributed by atoms with van der Waals surface area (Å²) in [5, 5.41) is 8.76. The third-order valence-electron chi connectivity index (χ3n) is 4.93. The highest BCUT2D eigenvalue weighted by Crippen LogP contribution is 2.21. The number of hydrogen-bond donors (Lipinski definition) is 2. The van der Waals surface area contributed by atoms with Crippen LogP contribution in [0.3, 0.4) is 0 Å². The van der Waals surface area contributed by atoms with Crippen LogP contribution in [0.4, 0.5) is 0 Å². The number of carbonyl (C=O) groups excluding carboxylic acids is 1. The average Bonchev–Trinajstić information content (AvgIpc) is 3.10. The molecule has 0 saturated heterocycles. The first kappa shape index (κ1) is 18.9. The van der Waals surface area contributed by atoms with Crippen molar-refractivity contribution in [3.8, 4) is 0 Å². The standard InChI is InChI=1S/C22H23N5O2/c1-26(14-16-7-3-2-4-8-16)12-11-23-20(28)15-27-22(29)21-18(13-24-27)17-9-5-6-10-19(17)25-21/h2-10,13,25H,11-12,14-15H2,1H3,(H,23,28). The smallest absolute Gasteiger partial charge is 0.291 e. The topological polar surface area (TPSA) is 83.0 Å². The minimum atomic E-state index is -0.296. The molecule has 0 saturated carbocycles. The summed E-state index contributed by atoms with van der Waals surface area (Å²) in [6.45, 7) is 1.93. The maximum absolute atomic E-state index is 12.7. The predicted molar refractivity (Wildman–Crippen MR) is 114 cm³/mol. The van der Waals surface area contributed by atoms with Crippen molar-refractivity contribution in [3.63, 3.8) is 0 Å². The molecule has 29 heavy (non-hydrogen) atoms. The molecule has 0 spiro atoms. The molecule has 4 rings (SSSR count). The largest absolute Gasteiger partial charge is 0.353 e. The van der Waals surface area contributed by atoms with Gasteiger partial charge in [0.2, 0.25) is 5.91 Å². The number of carbonyl (C=O) groups is 1. The van der Waals surface area contributed by atoms with Crippen LogP contribution in [0.2, 0.25) is 0 Å². The molecule has 0 fully saturated rings. The summed E-state index contributed by atoms with van der Waals surface area (Å²) in [6.07, 6.45) is 1.64. The van der Waals surface area contributed by atoms with Crippen molar-refractivity contribution in [1.29, 1.82) is 0 Å². The van der Waals surface area contributed by atoms with Crippen molar-refractivity contribution in [3.05, 3.63) is 76.7 Å². The van der Waals surface area contributed by atoms with Crippen molar-refractivity contribution in [2.75, 3.05) is 20.1 Å². The molecule has 2 N–H and O–H groups in total. The Morgan fingerprint density at radius 3 is 2.69 bits per heavy atom. The Morgan fingerprint density at radius 2 is 1.86 bits per heavy atom. The second kappa shape index (κ2) is 8.28. The van der Waals surface area contributed by atoms with Gasteiger partial charge in [0.15, 0.2) is 0 Å². The molecule has 0 aliphatic heterocycles. The molecule has 0 atom stereocenters. The summed E-state index contributed by atoms with van der Waals surface area (Å²) >= 11 is 0. The second-order valence-electron chi connectivity index (χ2n) is 7.14. The van der Waals surface area contributed by atoms with Gasteiger partial charge in [-0.15, -0.1) is 0 Å². The zero-order valence-corrected chi connectivity index (χ0v) is 16.3. The normalized spacial score (nSPS) is 11.4. The molecule has 148 valence electrons. The molecule has 1 amide bonds. The first-order valence-corrected chi connectivity index (χ1v) is 9.57. The van der Waals surface area contributed by atoms with E-state index in [1.807, 2.05) is 49.5 Å². The van der Waals surface area contributed by atoms with Crippen molar-refractivity contribution in [2.24, 2.45) is 0 Å². The summed E-state index contributed by atoms with van der Waals surface area (Å²) in [7, 11) is 2.01. The van der Waals surface area contributed by atoms with Gasteiger partial charge in [-0.3, -0.25) is 9.59 Å². The monoisotopic (exact) mass is 389 g/mol. The lowest BCUT2D eigenvalue weighted by molar-refractivity contribution is -0.121. The highest BCUT2D eigenvalue weighted by atomic mass is 16.2. The molecule has 2 heterocycles. The molecule has 7 heteroatoms. The number of para-hydroxylation sites is 1. The van der Waals surface area contributed by atoms with E-state index in [1.165, 1.54) is 10.2 Å². The first-order chi connectivity index (χ1) is 14.1. The van der Waals surface area contributed by atoms with Gasteiger partial charge in [0.25, 0.3) is 5.56 Å². The van der Waals surface area contributed by atoms with Gasteiger partial charge in [-0.25, -0.2) is 4.68 Å². The molecule has 7 nitrogen and oxygen atoms in total. The lowest BCUT2D eigenvalue weighted by Crippen LogP contribution is -2.37. The number of nitrogens with zero attached hydrogens (tertiary/aromatic N) is 3. The number of aromatic amines is 1. The summed E-state index contributed by atoms with van der Waals surface area (Å²) in [6, 6.07) is 17.9. The lowest BCUT2D eigenvalue weighted by Gasteiger charge is -2.17. The number of fused-ring (bicyclic) bond motifs is 3. The third kappa shape index (κ3) is 4.20. The molecule has 0 radical (unpaired) electrons. The quantitative estimate of drug-likeness (QED) is 0.507. The van der Waals surface area contributed by atoms with Gasteiger partial charge in [-0.1, -0.05) is 48.5 Å². The van der Waals surface area contributed by atoms with Crippen LogP contribution in [0.5, 0.6) is 0 Å². The third-order valence-corrected chi connectivity index (χ3v) is 4.93. The van der Waals surface area contributed by atoms with Crippen LogP contribution in [0, 0.1) is 0 Å². The maximum Gasteiger partial charge on any atom is 0.291 e. The molecule has 0 aliphatic rings. The van der Waals surface area contributed by atoms with Crippen LogP contribution in [-0.4, -0.2) is 45.7 Å². The fourth-order valence-corrected chi connectivity index (χ4v) is 3.44. The van der Waals surface area contributed by atoms with Crippen molar-refractivity contribution in [2.45, 2.75) is 13.1 Å². The number of H-pyrrole nitrogens is 1. The Hall–Kier alpha value is -3.45. The summed E-state index contributed by atoms with van der Waals surface area (Å²) < 4.78 is 1.20. The fourth-order valence-electron chi connectivity index (χ4n) is 3.44. The molecule has 2 aromatic carbocycles. The highest BCUT2D eigenvalue weighted by Gasteiger charge is 2.12. The number of benzene rings is 2. The number of likely N-dealkylation sites (N-methyl/N-ethyl adjacent to an activating group) is 1. The van der Waals surface area contributed by atoms with Gasteiger partial charge in [0, 0.05) is 35.9 Å². The predicted octanol–water partition coefficient (Wildman–Crippen LogP) is 2.13. The number of rotatable bonds is 7. The Balaban J connectivity index is 1.36. The van der Waals surface area contributed by atoms with E-state index in [4.69, 9.17) is 0 Å². The van der Waals surface area contributed by atoms with E-state index in [0.29, 0.717) is 18.6 Å². The SMILES string of the molecule is CN(CCNC(=O)Cn1ncc2c([nH]c3ccccc32)c1=O)Cc1ccccc1. The second-order valence-corrected chi connectivity index (χ2v) is 7.14. The van der Waals surface area contributed by atoms with Crippen LogP contribution in [-0.2, 0) is 17.9 Å². The number of nitrogens with one attached hydrogen (secondary N) is 2. The van der Waals surface area contributed by atoms with E-state index < -0.39 is 0 Å². The highest BCUT2D eigenvalue weighted by molar-refractivity contribution is 6.06. The fraction of sp³-hybridized carbons (Fsp3) is 0.227. The molecule has 0 bridgehead atoms. The average molecular weight is 389 g/mol. The molecule has 0 aliphatic carbocycles. The molecule has 2 aromatic heterocycles. The zero-order chi connectivity index (χ0) is 20.2. The van der Waals surface area contributed by atoms with Crippen LogP contribution in [0.1, 0.15) is 5.56 Å². The van der Waals surface area contributed by atoms with Crippen LogP contribution in [0.15, 0.2) is 65.6 Å². The Morgan fingerprint density at radius 1 is 1.10 bits per heavy atom. The van der Waals surface area contributed by atoms with Gasteiger partial charge < -0.3 is 15.2 Å². The first-order valence-electron chi connectivity index (χ1n) is 9.57. The van der Waals surface area contributed by atoms with Crippen molar-refractivity contribution in [1.82, 2.24) is 25.0 Å². The van der Waals surface area contributed by atoms with Gasteiger partial charge in [0.05, 0.1) is 6.20 Å². The van der Waals surface area contributed by atoms with E-state index >= 15 is 0 Å². The Labute approximate surface area is 168 Å². The lowest BCUT2D eigenvalue weighted by atomic mass is 10.2. The van der Waals surface area contributed by atoms with Gasteiger partial charge >= 0.3 is 0 Å². The number of amides is 1. The number of hydrogen-bond acceptors (Lipinski definition) is 4. The van der Waals surface area contributed by atoms with Gasteiger partial charge in [0.1, 0.15) is 12.1 Å². The van der Waals surface area contributed by atoms with Gasteiger partial charge in [-0.2, -0.15) is 5.10 Å². The maximum atomic E-state index is 12.7. The van der Waals surface area contributed by atoms with Crippen LogP contribution < -0.4 is 10.9 Å². The summed E-state index contributed by atoms with van der Waals surface area (Å²) in [5.41, 5.74) is 2.28. The zero-order valence-electron chi connectivity index (χ0n) is 16.3. The molecule has 0 unspecified atom stereocenters. The minimum absolute atomic E-state index is 0.105. The van der Waals surface area contributed by atoms with Crippen molar-refractivity contribution >= 4 is 27.7 Å². The minimum Gasteiger partial charge on any atom is -0.353 e. The van der Waals surface area contributed by atoms with E-state index in [1.54, 1.807) is 6.20 Å². The van der Waals surface area contributed by atoms with E-state index in [0.717, 1.165) is 22.8 Å².